The van der Waals surface area contributed by atoms with E-state index in [0.29, 0.717) is 6.42 Å². The summed E-state index contributed by atoms with van der Waals surface area (Å²) in [6.45, 7) is 2.95. The molecule has 0 bridgehead atoms. The molecule has 1 N–H and O–H groups in total. The highest BCUT2D eigenvalue weighted by molar-refractivity contribution is 7.91. The zero-order valence-electron chi connectivity index (χ0n) is 8.45. The van der Waals surface area contributed by atoms with Gasteiger partial charge >= 0.3 is 0 Å². The van der Waals surface area contributed by atoms with Crippen LogP contribution in [0, 0.1) is 0 Å². The van der Waals surface area contributed by atoms with Gasteiger partial charge in [0.25, 0.3) is 0 Å². The van der Waals surface area contributed by atoms with Crippen molar-refractivity contribution in [1.82, 2.24) is 5.32 Å². The normalized spacial score (nSPS) is 41.6. The third-order valence-corrected chi connectivity index (χ3v) is 4.76. The molecule has 2 unspecified atom stereocenters. The molecule has 1 spiro atoms. The molecule has 5 heteroatoms. The summed E-state index contributed by atoms with van der Waals surface area (Å²) >= 11 is 0. The molecule has 2 fully saturated rings. The van der Waals surface area contributed by atoms with Crippen molar-refractivity contribution in [3.63, 3.8) is 0 Å². The number of ether oxygens (including phenoxy) is 1. The van der Waals surface area contributed by atoms with Gasteiger partial charge in [-0.3, -0.25) is 5.32 Å². The Labute approximate surface area is 84.9 Å². The lowest BCUT2D eigenvalue weighted by molar-refractivity contribution is -0.127. The minimum atomic E-state index is -2.87. The number of nitrogens with one attached hydrogen (secondary N) is 1. The summed E-state index contributed by atoms with van der Waals surface area (Å²) in [7, 11) is -2.87. The van der Waals surface area contributed by atoms with E-state index in [1.807, 2.05) is 0 Å². The Bertz CT molecular complexity index is 314. The smallest absolute Gasteiger partial charge is 0.154 e. The summed E-state index contributed by atoms with van der Waals surface area (Å²) < 4.78 is 28.6. The second-order valence-corrected chi connectivity index (χ2v) is 6.38. The van der Waals surface area contributed by atoms with Crippen LogP contribution in [0.4, 0.5) is 0 Å². The lowest BCUT2D eigenvalue weighted by Crippen LogP contribution is -2.55. The first-order valence-corrected chi connectivity index (χ1v) is 7.01. The zero-order valence-corrected chi connectivity index (χ0v) is 9.27. The standard InChI is InChI=1S/C9H17NO3S/c1-2-8-3-5-10-9(13-8)4-6-14(11,12)7-9/h8,10H,2-7H2,1H3. The summed E-state index contributed by atoms with van der Waals surface area (Å²) in [6, 6.07) is 0. The molecule has 0 aromatic heterocycles. The van der Waals surface area contributed by atoms with Gasteiger partial charge in [-0.15, -0.1) is 0 Å². The molecule has 4 nitrogen and oxygen atoms in total. The van der Waals surface area contributed by atoms with E-state index in [2.05, 4.69) is 12.2 Å². The first-order chi connectivity index (χ1) is 6.55. The van der Waals surface area contributed by atoms with E-state index in [-0.39, 0.29) is 17.6 Å². The van der Waals surface area contributed by atoms with Crippen LogP contribution in [0.25, 0.3) is 0 Å². The second kappa shape index (κ2) is 3.47. The predicted molar refractivity (Wildman–Crippen MR) is 53.8 cm³/mol. The van der Waals surface area contributed by atoms with E-state index in [0.717, 1.165) is 19.4 Å². The minimum absolute atomic E-state index is 0.149. The number of hydrogen-bond donors (Lipinski definition) is 1. The monoisotopic (exact) mass is 219 g/mol. The van der Waals surface area contributed by atoms with Crippen molar-refractivity contribution in [2.45, 2.75) is 38.0 Å². The van der Waals surface area contributed by atoms with Gasteiger partial charge in [-0.05, 0) is 12.8 Å². The Hall–Kier alpha value is -0.130. The highest BCUT2D eigenvalue weighted by Gasteiger charge is 2.45. The van der Waals surface area contributed by atoms with Crippen molar-refractivity contribution in [1.29, 1.82) is 0 Å². The summed E-state index contributed by atoms with van der Waals surface area (Å²) in [5.74, 6) is 0.410. The Morgan fingerprint density at radius 1 is 1.57 bits per heavy atom. The number of hydrogen-bond acceptors (Lipinski definition) is 4. The lowest BCUT2D eigenvalue weighted by atomic mass is 10.1. The molecular formula is C9H17NO3S. The van der Waals surface area contributed by atoms with Crippen molar-refractivity contribution >= 4 is 9.84 Å². The highest BCUT2D eigenvalue weighted by atomic mass is 32.2. The average molecular weight is 219 g/mol. The lowest BCUT2D eigenvalue weighted by Gasteiger charge is -2.38. The van der Waals surface area contributed by atoms with Crippen LogP contribution in [-0.2, 0) is 14.6 Å². The molecular weight excluding hydrogens is 202 g/mol. The van der Waals surface area contributed by atoms with Gasteiger partial charge in [-0.2, -0.15) is 0 Å². The molecule has 2 rings (SSSR count). The summed E-state index contributed by atoms with van der Waals surface area (Å²) in [4.78, 5) is 0. The van der Waals surface area contributed by atoms with Crippen molar-refractivity contribution in [2.24, 2.45) is 0 Å². The predicted octanol–water partition coefficient (Wildman–Crippen LogP) is 0.290. The number of rotatable bonds is 1. The van der Waals surface area contributed by atoms with Crippen molar-refractivity contribution < 1.29 is 13.2 Å². The Morgan fingerprint density at radius 2 is 2.36 bits per heavy atom. The van der Waals surface area contributed by atoms with Gasteiger partial charge in [-0.25, -0.2) is 8.42 Å². The van der Waals surface area contributed by atoms with Crippen LogP contribution in [0.15, 0.2) is 0 Å². The van der Waals surface area contributed by atoms with E-state index in [9.17, 15) is 8.42 Å². The van der Waals surface area contributed by atoms with Gasteiger partial charge in [0.15, 0.2) is 9.84 Å². The fraction of sp³-hybridized carbons (Fsp3) is 1.00. The van der Waals surface area contributed by atoms with E-state index in [4.69, 9.17) is 4.74 Å². The van der Waals surface area contributed by atoms with Gasteiger partial charge in [0.05, 0.1) is 17.6 Å². The molecule has 2 atom stereocenters. The quantitative estimate of drug-likeness (QED) is 0.688. The molecule has 0 aliphatic carbocycles. The van der Waals surface area contributed by atoms with Crippen LogP contribution in [0.5, 0.6) is 0 Å². The van der Waals surface area contributed by atoms with Gasteiger partial charge in [0, 0.05) is 13.0 Å². The van der Waals surface area contributed by atoms with Crippen LogP contribution in [-0.4, -0.2) is 38.3 Å². The van der Waals surface area contributed by atoms with Gasteiger partial charge < -0.3 is 4.74 Å². The van der Waals surface area contributed by atoms with Crippen molar-refractivity contribution in [2.75, 3.05) is 18.1 Å². The maximum atomic E-state index is 11.4. The zero-order chi connectivity index (χ0) is 10.2. The Morgan fingerprint density at radius 3 is 2.93 bits per heavy atom. The van der Waals surface area contributed by atoms with E-state index in [1.165, 1.54) is 0 Å². The molecule has 2 aliphatic rings. The fourth-order valence-electron chi connectivity index (χ4n) is 2.22. The van der Waals surface area contributed by atoms with Crippen LogP contribution in [0.3, 0.4) is 0 Å². The maximum absolute atomic E-state index is 11.4. The largest absolute Gasteiger partial charge is 0.356 e. The Balaban J connectivity index is 2.10. The second-order valence-electron chi connectivity index (χ2n) is 4.20. The molecule has 0 aromatic rings. The van der Waals surface area contributed by atoms with Crippen molar-refractivity contribution in [3.8, 4) is 0 Å². The molecule has 0 saturated carbocycles. The maximum Gasteiger partial charge on any atom is 0.154 e. The van der Waals surface area contributed by atoms with Crippen molar-refractivity contribution in [3.05, 3.63) is 0 Å². The van der Waals surface area contributed by atoms with E-state index in [1.54, 1.807) is 0 Å². The molecule has 0 amide bonds. The van der Waals surface area contributed by atoms with Crippen LogP contribution < -0.4 is 5.32 Å². The first-order valence-electron chi connectivity index (χ1n) is 5.18. The topological polar surface area (TPSA) is 55.4 Å². The summed E-state index contributed by atoms with van der Waals surface area (Å²) in [5, 5.41) is 3.21. The van der Waals surface area contributed by atoms with Gasteiger partial charge in [0.1, 0.15) is 5.72 Å². The number of sulfone groups is 1. The molecule has 82 valence electrons. The van der Waals surface area contributed by atoms with Gasteiger partial charge in [0.2, 0.25) is 0 Å². The molecule has 14 heavy (non-hydrogen) atoms. The molecule has 0 radical (unpaired) electrons. The van der Waals surface area contributed by atoms with E-state index < -0.39 is 15.6 Å². The van der Waals surface area contributed by atoms with Crippen LogP contribution in [0.1, 0.15) is 26.2 Å². The highest BCUT2D eigenvalue weighted by Crippen LogP contribution is 2.30. The minimum Gasteiger partial charge on any atom is -0.356 e. The Kier molecular flexibility index (Phi) is 2.57. The van der Waals surface area contributed by atoms with Crippen LogP contribution in [0.2, 0.25) is 0 Å². The average Bonchev–Trinajstić information content (AvgIpc) is 2.42. The fourth-order valence-corrected chi connectivity index (χ4v) is 4.03. The van der Waals surface area contributed by atoms with Crippen LogP contribution >= 0.6 is 0 Å². The summed E-state index contributed by atoms with van der Waals surface area (Å²) in [5.41, 5.74) is -0.558. The third kappa shape index (κ3) is 1.94. The first kappa shape index (κ1) is 10.4. The van der Waals surface area contributed by atoms with Gasteiger partial charge in [-0.1, -0.05) is 6.92 Å². The molecule has 0 aromatic carbocycles. The third-order valence-electron chi connectivity index (χ3n) is 3.03. The molecule has 2 heterocycles. The molecule has 2 aliphatic heterocycles. The summed E-state index contributed by atoms with van der Waals surface area (Å²) in [6.07, 6.45) is 2.78. The van der Waals surface area contributed by atoms with E-state index >= 15 is 0 Å². The molecule has 2 saturated heterocycles. The SMILES string of the molecule is CCC1CCNC2(CCS(=O)(=O)C2)O1.